The van der Waals surface area contributed by atoms with Crippen molar-refractivity contribution in [1.29, 1.82) is 0 Å². The molecule has 10 nitrogen and oxygen atoms in total. The summed E-state index contributed by atoms with van der Waals surface area (Å²) in [6, 6.07) is 26.7. The molecule has 0 saturated heterocycles. The first-order chi connectivity index (χ1) is 24.1. The van der Waals surface area contributed by atoms with E-state index in [1.165, 1.54) is 30.2 Å². The Kier molecular flexibility index (Phi) is 10.2. The van der Waals surface area contributed by atoms with Crippen molar-refractivity contribution in [2.75, 3.05) is 10.2 Å². The molecule has 1 heterocycles. The minimum Gasteiger partial charge on any atom is -0.406 e. The zero-order valence-corrected chi connectivity index (χ0v) is 27.1. The number of benzene rings is 4. The second-order valence-electron chi connectivity index (χ2n) is 11.8. The SMILES string of the molecule is CC(NC(=O)N(Cc1ccc(C(=O)Nc2nn[nH]n2)cc1)c1ccc(C2=CCCCC2)cc1)c1ccccc1-c1cccc(OC(F)(F)F)c1. The first-order valence-corrected chi connectivity index (χ1v) is 16.1. The number of carbonyl (C=O) groups excluding carboxylic acids is 2. The number of alkyl halides is 3. The second kappa shape index (κ2) is 15.1. The number of tetrazole rings is 1. The van der Waals surface area contributed by atoms with Gasteiger partial charge in [0, 0.05) is 11.3 Å². The van der Waals surface area contributed by atoms with Crippen LogP contribution in [0.5, 0.6) is 5.75 Å². The third-order valence-electron chi connectivity index (χ3n) is 8.36. The average Bonchev–Trinajstić information content (AvgIpc) is 3.64. The fourth-order valence-electron chi connectivity index (χ4n) is 5.91. The number of anilines is 2. The number of hydrogen-bond acceptors (Lipinski definition) is 6. The molecule has 1 aliphatic rings. The number of nitrogens with one attached hydrogen (secondary N) is 3. The summed E-state index contributed by atoms with van der Waals surface area (Å²) in [7, 11) is 0. The normalized spacial score (nSPS) is 13.6. The lowest BCUT2D eigenvalue weighted by Crippen LogP contribution is -2.41. The molecule has 3 amide bonds. The van der Waals surface area contributed by atoms with E-state index < -0.39 is 18.3 Å². The Bertz CT molecular complexity index is 1960. The van der Waals surface area contributed by atoms with Crippen LogP contribution in [-0.4, -0.2) is 38.9 Å². The number of rotatable bonds is 10. The molecule has 0 spiro atoms. The molecule has 5 aromatic rings. The van der Waals surface area contributed by atoms with Gasteiger partial charge in [-0.05, 0) is 108 Å². The molecule has 50 heavy (non-hydrogen) atoms. The summed E-state index contributed by atoms with van der Waals surface area (Å²) >= 11 is 0. The van der Waals surface area contributed by atoms with Crippen molar-refractivity contribution in [3.63, 3.8) is 0 Å². The standard InChI is InChI=1S/C37H34F3N7O3/c1-24(32-12-5-6-13-33(32)29-10-7-11-31(22-29)50-37(38,39)40)41-36(49)47(30-20-18-27(19-21-30)26-8-3-2-4-9-26)23-25-14-16-28(17-15-25)34(48)42-35-43-45-46-44-35/h5-8,10-22,24H,2-4,9,23H2,1H3,(H,41,49)(H2,42,43,44,45,46,48). The molecule has 13 heteroatoms. The quantitative estimate of drug-likeness (QED) is 0.136. The van der Waals surface area contributed by atoms with E-state index in [-0.39, 0.29) is 24.3 Å². The zero-order chi connectivity index (χ0) is 35.1. The highest BCUT2D eigenvalue weighted by atomic mass is 19.4. The van der Waals surface area contributed by atoms with Gasteiger partial charge in [-0.2, -0.15) is 5.21 Å². The van der Waals surface area contributed by atoms with E-state index in [2.05, 4.69) is 42.1 Å². The minimum atomic E-state index is -4.82. The van der Waals surface area contributed by atoms with Gasteiger partial charge in [-0.3, -0.25) is 15.0 Å². The Morgan fingerprint density at radius 3 is 2.42 bits per heavy atom. The van der Waals surface area contributed by atoms with Crippen molar-refractivity contribution in [3.8, 4) is 16.9 Å². The summed E-state index contributed by atoms with van der Waals surface area (Å²) in [4.78, 5) is 28.4. The first-order valence-electron chi connectivity index (χ1n) is 16.1. The van der Waals surface area contributed by atoms with Crippen LogP contribution in [0.1, 0.15) is 65.7 Å². The van der Waals surface area contributed by atoms with E-state index in [0.717, 1.165) is 30.4 Å². The molecule has 0 fully saturated rings. The lowest BCUT2D eigenvalue weighted by Gasteiger charge is -2.27. The van der Waals surface area contributed by atoms with E-state index in [1.54, 1.807) is 47.4 Å². The zero-order valence-electron chi connectivity index (χ0n) is 27.1. The van der Waals surface area contributed by atoms with Gasteiger partial charge in [0.05, 0.1) is 12.6 Å². The van der Waals surface area contributed by atoms with E-state index in [9.17, 15) is 22.8 Å². The van der Waals surface area contributed by atoms with Crippen LogP contribution in [0.4, 0.5) is 29.6 Å². The smallest absolute Gasteiger partial charge is 0.406 e. The summed E-state index contributed by atoms with van der Waals surface area (Å²) in [5.74, 6) is -0.700. The summed E-state index contributed by atoms with van der Waals surface area (Å²) in [5, 5.41) is 18.8. The highest BCUT2D eigenvalue weighted by Crippen LogP contribution is 2.33. The molecule has 1 aromatic heterocycles. The van der Waals surface area contributed by atoms with Gasteiger partial charge in [0.2, 0.25) is 0 Å². The Hall–Kier alpha value is -5.98. The number of urea groups is 1. The fourth-order valence-corrected chi connectivity index (χ4v) is 5.91. The van der Waals surface area contributed by atoms with Gasteiger partial charge < -0.3 is 10.1 Å². The van der Waals surface area contributed by atoms with Crippen LogP contribution in [-0.2, 0) is 6.54 Å². The number of carbonyl (C=O) groups is 2. The second-order valence-corrected chi connectivity index (χ2v) is 11.8. The molecule has 6 rings (SSSR count). The topological polar surface area (TPSA) is 125 Å². The summed E-state index contributed by atoms with van der Waals surface area (Å²) in [6.45, 7) is 2.01. The van der Waals surface area contributed by atoms with Crippen molar-refractivity contribution in [2.24, 2.45) is 0 Å². The van der Waals surface area contributed by atoms with Crippen LogP contribution in [0, 0.1) is 0 Å². The summed E-state index contributed by atoms with van der Waals surface area (Å²) in [6.07, 6.45) is 1.83. The van der Waals surface area contributed by atoms with E-state index in [4.69, 9.17) is 0 Å². The number of amides is 3. The molecule has 3 N–H and O–H groups in total. The Morgan fingerprint density at radius 2 is 1.72 bits per heavy atom. The predicted molar refractivity (Wildman–Crippen MR) is 183 cm³/mol. The number of halogens is 3. The molecule has 1 atom stereocenters. The van der Waals surface area contributed by atoms with Gasteiger partial charge in [-0.25, -0.2) is 4.79 Å². The van der Waals surface area contributed by atoms with Gasteiger partial charge in [0.25, 0.3) is 11.9 Å². The van der Waals surface area contributed by atoms with Crippen molar-refractivity contribution in [2.45, 2.75) is 51.6 Å². The number of aromatic amines is 1. The maximum Gasteiger partial charge on any atom is 0.573 e. The minimum absolute atomic E-state index is 0.0485. The Morgan fingerprint density at radius 1 is 0.940 bits per heavy atom. The van der Waals surface area contributed by atoms with E-state index >= 15 is 0 Å². The molecule has 1 unspecified atom stereocenters. The molecule has 1 aliphatic carbocycles. The van der Waals surface area contributed by atoms with Crippen molar-refractivity contribution in [3.05, 3.63) is 125 Å². The number of H-pyrrole nitrogens is 1. The summed E-state index contributed by atoms with van der Waals surface area (Å²) < 4.78 is 43.0. The molecular formula is C37H34F3N7O3. The maximum absolute atomic E-state index is 14.1. The first kappa shape index (κ1) is 33.9. The van der Waals surface area contributed by atoms with Gasteiger partial charge in [-0.1, -0.05) is 71.8 Å². The Balaban J connectivity index is 1.24. The molecule has 0 radical (unpaired) electrons. The fraction of sp³-hybridized carbons (Fsp3) is 0.216. The maximum atomic E-state index is 14.1. The van der Waals surface area contributed by atoms with Gasteiger partial charge in [-0.15, -0.1) is 18.3 Å². The molecular weight excluding hydrogens is 647 g/mol. The number of hydrogen-bond donors (Lipinski definition) is 3. The van der Waals surface area contributed by atoms with Gasteiger partial charge >= 0.3 is 12.4 Å². The monoisotopic (exact) mass is 681 g/mol. The largest absolute Gasteiger partial charge is 0.573 e. The molecule has 256 valence electrons. The number of nitrogens with zero attached hydrogens (tertiary/aromatic N) is 4. The average molecular weight is 682 g/mol. The van der Waals surface area contributed by atoms with Crippen LogP contribution in [0.3, 0.4) is 0 Å². The lowest BCUT2D eigenvalue weighted by atomic mass is 9.93. The molecule has 4 aromatic carbocycles. The number of aromatic nitrogens is 4. The Labute approximate surface area is 286 Å². The number of allylic oxidation sites excluding steroid dienone is 2. The number of ether oxygens (including phenoxy) is 1. The highest BCUT2D eigenvalue weighted by molar-refractivity contribution is 6.03. The summed E-state index contributed by atoms with van der Waals surface area (Å²) in [5.41, 5.74) is 6.09. The van der Waals surface area contributed by atoms with Crippen molar-refractivity contribution >= 4 is 29.1 Å². The predicted octanol–water partition coefficient (Wildman–Crippen LogP) is 8.45. The van der Waals surface area contributed by atoms with Gasteiger partial charge in [0.1, 0.15) is 5.75 Å². The van der Waals surface area contributed by atoms with Gasteiger partial charge in [0.15, 0.2) is 0 Å². The van der Waals surface area contributed by atoms with Crippen molar-refractivity contribution < 1.29 is 27.5 Å². The van der Waals surface area contributed by atoms with E-state index in [1.807, 2.05) is 43.3 Å². The molecule has 0 saturated carbocycles. The van der Waals surface area contributed by atoms with Crippen molar-refractivity contribution in [1.82, 2.24) is 25.9 Å². The molecule has 0 aliphatic heterocycles. The van der Waals surface area contributed by atoms with Crippen LogP contribution >= 0.6 is 0 Å². The van der Waals surface area contributed by atoms with Crippen LogP contribution < -0.4 is 20.3 Å². The lowest BCUT2D eigenvalue weighted by molar-refractivity contribution is -0.274. The molecule has 0 bridgehead atoms. The van der Waals surface area contributed by atoms with Crippen LogP contribution in [0.15, 0.2) is 103 Å². The highest BCUT2D eigenvalue weighted by Gasteiger charge is 2.31. The van der Waals surface area contributed by atoms with E-state index in [0.29, 0.717) is 27.9 Å². The third kappa shape index (κ3) is 8.53. The third-order valence-corrected chi connectivity index (χ3v) is 8.36. The van der Waals surface area contributed by atoms with Crippen LogP contribution in [0.25, 0.3) is 16.7 Å². The van der Waals surface area contributed by atoms with Crippen LogP contribution in [0.2, 0.25) is 0 Å².